The van der Waals surface area contributed by atoms with Gasteiger partial charge in [-0.2, -0.15) is 0 Å². The number of rotatable bonds is 6. The monoisotopic (exact) mass is 467 g/mol. The third-order valence-corrected chi connectivity index (χ3v) is 5.92. The highest BCUT2D eigenvalue weighted by atomic mass is 35.5. The number of aliphatic carboxylic acids is 1. The Balaban J connectivity index is 1.66. The van der Waals surface area contributed by atoms with E-state index in [2.05, 4.69) is 0 Å². The molecule has 0 spiro atoms. The highest BCUT2D eigenvalue weighted by molar-refractivity contribution is 6.36. The van der Waals surface area contributed by atoms with Crippen molar-refractivity contribution in [3.8, 4) is 22.6 Å². The second kappa shape index (κ2) is 9.07. The molecule has 1 heterocycles. The Labute approximate surface area is 195 Å². The van der Waals surface area contributed by atoms with Crippen LogP contribution in [0.3, 0.4) is 0 Å². The molecule has 32 heavy (non-hydrogen) atoms. The lowest BCUT2D eigenvalue weighted by atomic mass is 9.97. The smallest absolute Gasteiger partial charge is 0.326 e. The number of carboxylic acid groups (broad SMARTS) is 1. The first-order chi connectivity index (χ1) is 15.3. The minimum absolute atomic E-state index is 0.0908. The van der Waals surface area contributed by atoms with E-state index in [-0.39, 0.29) is 17.0 Å². The van der Waals surface area contributed by atoms with E-state index in [1.54, 1.807) is 6.07 Å². The number of hydrogen-bond donors (Lipinski definition) is 1. The maximum absolute atomic E-state index is 13.0. The second-order valence-electron chi connectivity index (χ2n) is 7.40. The predicted octanol–water partition coefficient (Wildman–Crippen LogP) is 6.13. The molecule has 2 aromatic carbocycles. The van der Waals surface area contributed by atoms with E-state index in [1.165, 1.54) is 24.1 Å². The van der Waals surface area contributed by atoms with Crippen LogP contribution >= 0.6 is 23.2 Å². The lowest BCUT2D eigenvalue weighted by molar-refractivity contribution is -0.141. The molecule has 4 rings (SSSR count). The Morgan fingerprint density at radius 1 is 0.969 bits per heavy atom. The fourth-order valence-electron chi connectivity index (χ4n) is 3.64. The summed E-state index contributed by atoms with van der Waals surface area (Å²) in [6, 6.07) is 20.3. The van der Waals surface area contributed by atoms with Crippen LogP contribution < -0.4 is 0 Å². The maximum atomic E-state index is 13.0. The SMILES string of the molecule is CN(C(=O)c1ccc(Cl)cc1Cl)C(Cc1ccccc1-c1ccc2cccc-2o1)C(=O)O. The van der Waals surface area contributed by atoms with Crippen LogP contribution in [-0.2, 0) is 11.2 Å². The molecule has 1 N–H and O–H groups in total. The number of hydrogen-bond acceptors (Lipinski definition) is 3. The Hall–Kier alpha value is -3.28. The molecule has 2 aliphatic rings. The van der Waals surface area contributed by atoms with Crippen molar-refractivity contribution < 1.29 is 19.1 Å². The third kappa shape index (κ3) is 4.35. The van der Waals surface area contributed by atoms with Gasteiger partial charge in [-0.1, -0.05) is 59.6 Å². The largest absolute Gasteiger partial charge is 0.480 e. The second-order valence-corrected chi connectivity index (χ2v) is 8.24. The molecular weight excluding hydrogens is 449 g/mol. The average Bonchev–Trinajstić information content (AvgIpc) is 3.24. The Bertz CT molecular complexity index is 1270. The molecule has 0 bridgehead atoms. The van der Waals surface area contributed by atoms with E-state index in [9.17, 15) is 14.7 Å². The molecule has 1 atom stereocenters. The van der Waals surface area contributed by atoms with Crippen molar-refractivity contribution in [2.45, 2.75) is 12.5 Å². The number of carboxylic acids is 1. The maximum Gasteiger partial charge on any atom is 0.326 e. The molecule has 162 valence electrons. The van der Waals surface area contributed by atoms with Crippen LogP contribution in [0.15, 0.2) is 77.2 Å². The summed E-state index contributed by atoms with van der Waals surface area (Å²) in [5.41, 5.74) is 2.69. The van der Waals surface area contributed by atoms with Gasteiger partial charge in [-0.15, -0.1) is 0 Å². The zero-order chi connectivity index (χ0) is 22.8. The topological polar surface area (TPSA) is 70.8 Å². The zero-order valence-electron chi connectivity index (χ0n) is 17.1. The van der Waals surface area contributed by atoms with Crippen molar-refractivity contribution in [1.82, 2.24) is 4.90 Å². The molecule has 0 aromatic heterocycles. The van der Waals surface area contributed by atoms with Crippen molar-refractivity contribution in [2.75, 3.05) is 7.05 Å². The summed E-state index contributed by atoms with van der Waals surface area (Å²) in [4.78, 5) is 26.3. The van der Waals surface area contributed by atoms with Crippen molar-refractivity contribution in [1.29, 1.82) is 0 Å². The first-order valence-electron chi connectivity index (χ1n) is 9.87. The van der Waals surface area contributed by atoms with E-state index in [0.29, 0.717) is 10.8 Å². The lowest BCUT2D eigenvalue weighted by Crippen LogP contribution is -2.44. The average molecular weight is 468 g/mol. The van der Waals surface area contributed by atoms with Gasteiger partial charge in [0, 0.05) is 29.6 Å². The van der Waals surface area contributed by atoms with Crippen molar-refractivity contribution >= 4 is 35.1 Å². The van der Waals surface area contributed by atoms with Crippen molar-refractivity contribution in [2.24, 2.45) is 0 Å². The summed E-state index contributed by atoms with van der Waals surface area (Å²) in [5.74, 6) is -0.251. The highest BCUT2D eigenvalue weighted by Crippen LogP contribution is 2.32. The highest BCUT2D eigenvalue weighted by Gasteiger charge is 2.29. The number of carbonyl (C=O) groups is 2. The van der Waals surface area contributed by atoms with Gasteiger partial charge < -0.3 is 14.4 Å². The van der Waals surface area contributed by atoms with Crippen LogP contribution in [-0.4, -0.2) is 35.0 Å². The van der Waals surface area contributed by atoms with Crippen molar-refractivity contribution in [3.05, 3.63) is 94.0 Å². The number of benzene rings is 2. The van der Waals surface area contributed by atoms with Crippen LogP contribution in [0.25, 0.3) is 22.6 Å². The summed E-state index contributed by atoms with van der Waals surface area (Å²) >= 11 is 12.1. The summed E-state index contributed by atoms with van der Waals surface area (Å²) in [6.45, 7) is 0. The van der Waals surface area contributed by atoms with Gasteiger partial charge in [0.25, 0.3) is 5.91 Å². The first-order valence-corrected chi connectivity index (χ1v) is 10.6. The Morgan fingerprint density at radius 3 is 2.50 bits per heavy atom. The molecule has 1 unspecified atom stereocenters. The van der Waals surface area contributed by atoms with E-state index < -0.39 is 17.9 Å². The van der Waals surface area contributed by atoms with E-state index in [4.69, 9.17) is 27.6 Å². The van der Waals surface area contributed by atoms with Gasteiger partial charge in [0.2, 0.25) is 0 Å². The van der Waals surface area contributed by atoms with Gasteiger partial charge in [0.15, 0.2) is 0 Å². The quantitative estimate of drug-likeness (QED) is 0.370. The molecule has 0 saturated carbocycles. The molecular formula is C25H19Cl2NO4. The number of amides is 1. The number of nitrogens with zero attached hydrogens (tertiary/aromatic N) is 1. The minimum atomic E-state index is -1.12. The van der Waals surface area contributed by atoms with Gasteiger partial charge in [-0.05, 0) is 42.0 Å². The van der Waals surface area contributed by atoms with Crippen LogP contribution in [0.5, 0.6) is 0 Å². The molecule has 2 aromatic rings. The Kier molecular flexibility index (Phi) is 6.21. The fourth-order valence-corrected chi connectivity index (χ4v) is 4.13. The summed E-state index contributed by atoms with van der Waals surface area (Å²) in [5, 5.41) is 10.5. The van der Waals surface area contributed by atoms with E-state index >= 15 is 0 Å². The summed E-state index contributed by atoms with van der Waals surface area (Å²) < 4.78 is 6.02. The predicted molar refractivity (Wildman–Crippen MR) is 124 cm³/mol. The molecule has 0 fully saturated rings. The molecule has 1 aliphatic heterocycles. The molecule has 1 amide bonds. The van der Waals surface area contributed by atoms with Crippen LogP contribution in [0.1, 0.15) is 15.9 Å². The molecule has 7 heteroatoms. The normalized spacial score (nSPS) is 12.0. The third-order valence-electron chi connectivity index (χ3n) is 5.37. The standard InChI is InChI=1S/C25H19Cl2NO4/c1-28(24(29)19-11-10-17(26)14-20(19)27)21(25(30)31)13-16-5-2-3-7-18(16)23-12-9-15-6-4-8-22(15)32-23/h2-12,14,21H,13H2,1H3,(H,30,31). The molecule has 5 nitrogen and oxygen atoms in total. The van der Waals surface area contributed by atoms with Gasteiger partial charge in [0.1, 0.15) is 17.6 Å². The minimum Gasteiger partial charge on any atom is -0.480 e. The number of carbonyl (C=O) groups excluding carboxylic acids is 1. The molecule has 0 saturated heterocycles. The van der Waals surface area contributed by atoms with Gasteiger partial charge in [-0.25, -0.2) is 4.79 Å². The number of halogens is 2. The number of fused-ring (bicyclic) bond motifs is 1. The fraction of sp³-hybridized carbons (Fsp3) is 0.120. The molecule has 1 aliphatic carbocycles. The summed E-state index contributed by atoms with van der Waals surface area (Å²) in [6.07, 6.45) is 0.0908. The van der Waals surface area contributed by atoms with Crippen LogP contribution in [0.4, 0.5) is 0 Å². The van der Waals surface area contributed by atoms with Crippen LogP contribution in [0, 0.1) is 0 Å². The molecule has 0 radical (unpaired) electrons. The lowest BCUT2D eigenvalue weighted by Gasteiger charge is -2.26. The van der Waals surface area contributed by atoms with Gasteiger partial charge in [0.05, 0.1) is 10.6 Å². The number of likely N-dealkylation sites (N-methyl/N-ethyl adjacent to an activating group) is 1. The van der Waals surface area contributed by atoms with Crippen molar-refractivity contribution in [3.63, 3.8) is 0 Å². The van der Waals surface area contributed by atoms with E-state index in [0.717, 1.165) is 22.5 Å². The Morgan fingerprint density at radius 2 is 1.75 bits per heavy atom. The van der Waals surface area contributed by atoms with Gasteiger partial charge in [-0.3, -0.25) is 4.79 Å². The van der Waals surface area contributed by atoms with Crippen LogP contribution in [0.2, 0.25) is 10.0 Å². The van der Waals surface area contributed by atoms with Gasteiger partial charge >= 0.3 is 5.97 Å². The summed E-state index contributed by atoms with van der Waals surface area (Å²) in [7, 11) is 1.45. The zero-order valence-corrected chi connectivity index (χ0v) is 18.6. The first kappa shape index (κ1) is 21.9. The van der Waals surface area contributed by atoms with E-state index in [1.807, 2.05) is 54.6 Å².